The molecule has 2 rings (SSSR count). The molecule has 1 aromatic rings. The monoisotopic (exact) mass is 191 g/mol. The molecule has 1 amide bonds. The standard InChI is InChI=1S/C9H9N3O2/c13-8(7-4-2-1-3-5-7)11-9-12-10-6-14-9/h1-5,10H,6H2,(H,11,12,13). The van der Waals surface area contributed by atoms with E-state index in [-0.39, 0.29) is 11.9 Å². The summed E-state index contributed by atoms with van der Waals surface area (Å²) in [6.07, 6.45) is 0. The average molecular weight is 191 g/mol. The van der Waals surface area contributed by atoms with Gasteiger partial charge >= 0.3 is 6.02 Å². The molecule has 1 aliphatic rings. The van der Waals surface area contributed by atoms with Gasteiger partial charge in [0.15, 0.2) is 6.73 Å². The molecule has 14 heavy (non-hydrogen) atoms. The van der Waals surface area contributed by atoms with Crippen LogP contribution in [0.4, 0.5) is 0 Å². The number of nitrogens with one attached hydrogen (secondary N) is 2. The number of amidine groups is 1. The van der Waals surface area contributed by atoms with Gasteiger partial charge in [-0.3, -0.25) is 15.5 Å². The predicted molar refractivity (Wildman–Crippen MR) is 50.4 cm³/mol. The van der Waals surface area contributed by atoms with Crippen molar-refractivity contribution < 1.29 is 9.53 Å². The summed E-state index contributed by atoms with van der Waals surface area (Å²) in [4.78, 5) is 11.5. The SMILES string of the molecule is O=C(NC1=NNCO1)c1ccccc1. The van der Waals surface area contributed by atoms with Crippen molar-refractivity contribution in [2.24, 2.45) is 5.10 Å². The van der Waals surface area contributed by atoms with Gasteiger partial charge in [0.2, 0.25) is 0 Å². The molecule has 1 aliphatic heterocycles. The number of nitrogens with zero attached hydrogens (tertiary/aromatic N) is 1. The minimum Gasteiger partial charge on any atom is -0.441 e. The first-order valence-corrected chi connectivity index (χ1v) is 4.16. The Bertz CT molecular complexity index is 362. The van der Waals surface area contributed by atoms with E-state index in [1.807, 2.05) is 6.07 Å². The van der Waals surface area contributed by atoms with Crippen LogP contribution in [0, 0.1) is 0 Å². The second-order valence-electron chi connectivity index (χ2n) is 2.68. The molecule has 0 saturated heterocycles. The summed E-state index contributed by atoms with van der Waals surface area (Å²) < 4.78 is 4.95. The lowest BCUT2D eigenvalue weighted by molar-refractivity contribution is 0.0968. The Morgan fingerprint density at radius 3 is 2.86 bits per heavy atom. The number of ether oxygens (including phenoxy) is 1. The highest BCUT2D eigenvalue weighted by Crippen LogP contribution is 1.98. The molecule has 72 valence electrons. The van der Waals surface area contributed by atoms with E-state index in [0.29, 0.717) is 12.3 Å². The third-order valence-electron chi connectivity index (χ3n) is 1.71. The number of carbonyl (C=O) groups is 1. The summed E-state index contributed by atoms with van der Waals surface area (Å²) >= 11 is 0. The third-order valence-corrected chi connectivity index (χ3v) is 1.71. The van der Waals surface area contributed by atoms with Crippen molar-refractivity contribution in [3.63, 3.8) is 0 Å². The highest BCUT2D eigenvalue weighted by Gasteiger charge is 2.11. The molecule has 5 heteroatoms. The smallest absolute Gasteiger partial charge is 0.315 e. The molecule has 0 unspecified atom stereocenters. The normalized spacial score (nSPS) is 13.9. The van der Waals surface area contributed by atoms with Crippen molar-refractivity contribution >= 4 is 11.9 Å². The molecule has 1 aromatic carbocycles. The van der Waals surface area contributed by atoms with Gasteiger partial charge in [0.25, 0.3) is 5.91 Å². The van der Waals surface area contributed by atoms with E-state index >= 15 is 0 Å². The third kappa shape index (κ3) is 1.82. The van der Waals surface area contributed by atoms with Crippen molar-refractivity contribution in [3.05, 3.63) is 35.9 Å². The molecule has 0 fully saturated rings. The molecule has 1 heterocycles. The van der Waals surface area contributed by atoms with Crippen molar-refractivity contribution in [1.82, 2.24) is 10.7 Å². The van der Waals surface area contributed by atoms with Crippen molar-refractivity contribution in [2.75, 3.05) is 6.73 Å². The zero-order chi connectivity index (χ0) is 9.80. The number of hydrogen-bond acceptors (Lipinski definition) is 4. The summed E-state index contributed by atoms with van der Waals surface area (Å²) in [6.45, 7) is 0.296. The van der Waals surface area contributed by atoms with E-state index in [1.54, 1.807) is 24.3 Å². The first-order valence-electron chi connectivity index (χ1n) is 4.16. The van der Waals surface area contributed by atoms with Gasteiger partial charge in [-0.05, 0) is 12.1 Å². The maximum atomic E-state index is 11.5. The Kier molecular flexibility index (Phi) is 2.31. The minimum atomic E-state index is -0.229. The van der Waals surface area contributed by atoms with Crippen LogP contribution in [-0.4, -0.2) is 18.7 Å². The van der Waals surface area contributed by atoms with Crippen LogP contribution in [-0.2, 0) is 4.74 Å². The van der Waals surface area contributed by atoms with Gasteiger partial charge in [-0.1, -0.05) is 18.2 Å². The van der Waals surface area contributed by atoms with Crippen LogP contribution >= 0.6 is 0 Å². The molecule has 0 saturated carbocycles. The van der Waals surface area contributed by atoms with Gasteiger partial charge in [-0.2, -0.15) is 0 Å². The molecule has 2 N–H and O–H groups in total. The maximum absolute atomic E-state index is 11.5. The molecule has 5 nitrogen and oxygen atoms in total. The molecular weight excluding hydrogens is 182 g/mol. The van der Waals surface area contributed by atoms with Crippen molar-refractivity contribution in [2.45, 2.75) is 0 Å². The lowest BCUT2D eigenvalue weighted by atomic mass is 10.2. The molecule has 0 aliphatic carbocycles. The Hall–Kier alpha value is -2.04. The van der Waals surface area contributed by atoms with E-state index in [4.69, 9.17) is 4.74 Å². The zero-order valence-corrected chi connectivity index (χ0v) is 7.36. The zero-order valence-electron chi connectivity index (χ0n) is 7.36. The molecule has 0 atom stereocenters. The second-order valence-corrected chi connectivity index (χ2v) is 2.68. The van der Waals surface area contributed by atoms with E-state index in [2.05, 4.69) is 15.8 Å². The second kappa shape index (κ2) is 3.78. The Morgan fingerprint density at radius 1 is 1.43 bits per heavy atom. The quantitative estimate of drug-likeness (QED) is 0.669. The summed E-state index contributed by atoms with van der Waals surface area (Å²) in [5, 5.41) is 6.24. The van der Waals surface area contributed by atoms with Crippen LogP contribution in [0.5, 0.6) is 0 Å². The molecule has 0 bridgehead atoms. The highest BCUT2D eigenvalue weighted by molar-refractivity contribution is 6.04. The van der Waals surface area contributed by atoms with Crippen LogP contribution in [0.2, 0.25) is 0 Å². The minimum absolute atomic E-state index is 0.207. The fourth-order valence-electron chi connectivity index (χ4n) is 1.06. The molecule has 0 aromatic heterocycles. The number of hydrogen-bond donors (Lipinski definition) is 2. The predicted octanol–water partition coefficient (Wildman–Crippen LogP) is 0.265. The van der Waals surface area contributed by atoms with E-state index < -0.39 is 0 Å². The van der Waals surface area contributed by atoms with Crippen LogP contribution in [0.15, 0.2) is 35.4 Å². The lowest BCUT2D eigenvalue weighted by Gasteiger charge is -2.02. The molecule has 0 radical (unpaired) electrons. The van der Waals surface area contributed by atoms with Crippen LogP contribution < -0.4 is 10.7 Å². The summed E-state index contributed by atoms with van der Waals surface area (Å²) in [6, 6.07) is 9.09. The topological polar surface area (TPSA) is 62.7 Å². The van der Waals surface area contributed by atoms with Crippen molar-refractivity contribution in [1.29, 1.82) is 0 Å². The summed E-state index contributed by atoms with van der Waals surface area (Å²) in [7, 11) is 0. The van der Waals surface area contributed by atoms with Crippen LogP contribution in [0.3, 0.4) is 0 Å². The fourth-order valence-corrected chi connectivity index (χ4v) is 1.06. The van der Waals surface area contributed by atoms with Gasteiger partial charge in [0, 0.05) is 5.56 Å². The first kappa shape index (κ1) is 8.55. The number of hydrazone groups is 1. The highest BCUT2D eigenvalue weighted by atomic mass is 16.5. The van der Waals surface area contributed by atoms with Gasteiger partial charge in [0.05, 0.1) is 0 Å². The lowest BCUT2D eigenvalue weighted by Crippen LogP contribution is -2.30. The molecular formula is C9H9N3O2. The number of rotatable bonds is 1. The Morgan fingerprint density at radius 2 is 2.21 bits per heavy atom. The first-order chi connectivity index (χ1) is 6.86. The van der Waals surface area contributed by atoms with Gasteiger partial charge < -0.3 is 4.74 Å². The van der Waals surface area contributed by atoms with E-state index in [9.17, 15) is 4.79 Å². The summed E-state index contributed by atoms with van der Waals surface area (Å²) in [5.41, 5.74) is 3.15. The Balaban J connectivity index is 2.03. The van der Waals surface area contributed by atoms with Crippen LogP contribution in [0.1, 0.15) is 10.4 Å². The van der Waals surface area contributed by atoms with Crippen LogP contribution in [0.25, 0.3) is 0 Å². The number of carbonyl (C=O) groups excluding carboxylic acids is 1. The van der Waals surface area contributed by atoms with E-state index in [0.717, 1.165) is 0 Å². The largest absolute Gasteiger partial charge is 0.441 e. The average Bonchev–Trinajstić information content (AvgIpc) is 2.72. The van der Waals surface area contributed by atoms with Gasteiger partial charge in [-0.15, -0.1) is 5.10 Å². The van der Waals surface area contributed by atoms with E-state index in [1.165, 1.54) is 0 Å². The fraction of sp³-hybridized carbons (Fsp3) is 0.111. The van der Waals surface area contributed by atoms with Gasteiger partial charge in [-0.25, -0.2) is 0 Å². The van der Waals surface area contributed by atoms with Crippen molar-refractivity contribution in [3.8, 4) is 0 Å². The van der Waals surface area contributed by atoms with Gasteiger partial charge in [0.1, 0.15) is 0 Å². The summed E-state index contributed by atoms with van der Waals surface area (Å²) in [5.74, 6) is -0.229. The molecule has 0 spiro atoms. The maximum Gasteiger partial charge on any atom is 0.315 e. The number of amides is 1. The Labute approximate surface area is 80.8 Å². The number of benzene rings is 1.